The lowest BCUT2D eigenvalue weighted by Gasteiger charge is -1.65. The molecule has 0 unspecified atom stereocenters. The van der Waals surface area contributed by atoms with Crippen LogP contribution in [0.15, 0.2) is 0 Å². The molecule has 0 aromatic rings. The van der Waals surface area contributed by atoms with Crippen LogP contribution in [-0.2, 0) is 9.33 Å². The minimum Gasteiger partial charge on any atom is -0.273 e. The van der Waals surface area contributed by atoms with Gasteiger partial charge in [-0.3, -0.25) is 4.55 Å². The molecule has 0 saturated heterocycles. The Morgan fingerprint density at radius 1 is 1.50 bits per heavy atom. The van der Waals surface area contributed by atoms with Crippen LogP contribution in [0.4, 0.5) is 0 Å². The normalized spacial score (nSPS) is 9.67. The van der Waals surface area contributed by atoms with Gasteiger partial charge < -0.3 is 0 Å². The molecule has 0 rings (SSSR count). The van der Waals surface area contributed by atoms with Crippen molar-refractivity contribution >= 4 is 31.0 Å². The Morgan fingerprint density at radius 2 is 1.50 bits per heavy atom. The molecule has 1 N–H and O–H groups in total. The molecule has 0 aromatic carbocycles. The van der Waals surface area contributed by atoms with Crippen LogP contribution in [0.5, 0.6) is 0 Å². The third-order valence-electron chi connectivity index (χ3n) is 0. The van der Waals surface area contributed by atoms with Gasteiger partial charge >= 0.3 is 9.33 Å². The lowest BCUT2D eigenvalue weighted by molar-refractivity contribution is 0.501. The molecule has 0 spiro atoms. The zero-order valence-corrected chi connectivity index (χ0v) is 5.12. The summed E-state index contributed by atoms with van der Waals surface area (Å²) < 4.78 is 25.2. The summed E-state index contributed by atoms with van der Waals surface area (Å²) in [6.45, 7) is 0. The second-order valence-corrected chi connectivity index (χ2v) is 2.41. The van der Waals surface area contributed by atoms with Gasteiger partial charge in [0, 0.05) is 21.6 Å². The molecule has 4 radical (unpaired) electrons. The van der Waals surface area contributed by atoms with Gasteiger partial charge in [0.15, 0.2) is 0 Å². The second kappa shape index (κ2) is 2.57. The summed E-state index contributed by atoms with van der Waals surface area (Å²) >= 11 is 0. The number of rotatable bonds is 0. The first kappa shape index (κ1) is 9.65. The fourth-order valence-electron chi connectivity index (χ4n) is 0. The van der Waals surface area contributed by atoms with Crippen LogP contribution in [0.3, 0.4) is 0 Å². The van der Waals surface area contributed by atoms with Crippen molar-refractivity contribution in [3.8, 4) is 0 Å². The van der Waals surface area contributed by atoms with Crippen molar-refractivity contribution in [2.75, 3.05) is 0 Å². The molecule has 0 bridgehead atoms. The first-order valence-corrected chi connectivity index (χ1v) is 2.94. The number of halogens is 1. The zero-order chi connectivity index (χ0) is 4.50. The third-order valence-corrected chi connectivity index (χ3v) is 0. The van der Waals surface area contributed by atoms with Gasteiger partial charge in [-0.15, -0.1) is 0 Å². The predicted octanol–water partition coefficient (Wildman–Crippen LogP) is -0.353. The molecular formula is HClO3SSi. The minimum atomic E-state index is -4.19. The molecular weight excluding hydrogens is 144 g/mol. The van der Waals surface area contributed by atoms with Crippen molar-refractivity contribution in [3.63, 3.8) is 0 Å². The first-order valence-electron chi connectivity index (χ1n) is 0.670. The van der Waals surface area contributed by atoms with Crippen molar-refractivity contribution in [3.05, 3.63) is 0 Å². The molecule has 0 aliphatic rings. The minimum absolute atomic E-state index is 0. The molecule has 0 aromatic heterocycles. The standard InChI is InChI=1S/ClHO3S.Si/c1-5(2,3)4;/h(H,2,3,4);. The molecule has 0 aliphatic carbocycles. The highest BCUT2D eigenvalue weighted by molar-refractivity contribution is 8.09. The van der Waals surface area contributed by atoms with Crippen molar-refractivity contribution in [1.29, 1.82) is 0 Å². The van der Waals surface area contributed by atoms with Crippen molar-refractivity contribution in [1.82, 2.24) is 0 Å². The summed E-state index contributed by atoms with van der Waals surface area (Å²) in [6, 6.07) is 0. The molecule has 0 aliphatic heterocycles. The summed E-state index contributed by atoms with van der Waals surface area (Å²) in [4.78, 5) is 0. The molecule has 36 valence electrons. The zero-order valence-electron chi connectivity index (χ0n) is 2.55. The molecule has 0 atom stereocenters. The summed E-state index contributed by atoms with van der Waals surface area (Å²) in [6.07, 6.45) is 0. The van der Waals surface area contributed by atoms with Gasteiger partial charge in [-0.2, -0.15) is 8.42 Å². The molecule has 0 saturated carbocycles. The lowest BCUT2D eigenvalue weighted by Crippen LogP contribution is -1.77. The average Bonchev–Trinajstić information content (AvgIpc) is 0.722. The largest absolute Gasteiger partial charge is 0.353 e. The van der Waals surface area contributed by atoms with Gasteiger partial charge in [-0.05, 0) is 0 Å². The second-order valence-electron chi connectivity index (χ2n) is 0.412. The Bertz CT molecular complexity index is 94.0. The Labute approximate surface area is 44.6 Å². The molecule has 0 amide bonds. The lowest BCUT2D eigenvalue weighted by atomic mass is 15.9. The summed E-state index contributed by atoms with van der Waals surface area (Å²) in [5, 5.41) is 0. The first-order chi connectivity index (χ1) is 2.00. The SMILES string of the molecule is O=S(=O)(O)Cl.[Si]. The predicted molar refractivity (Wildman–Crippen MR) is 23.2 cm³/mol. The number of hydrogen-bond acceptors (Lipinski definition) is 2. The number of hydrogen-bond donors (Lipinski definition) is 1. The van der Waals surface area contributed by atoms with Crippen LogP contribution in [0.2, 0.25) is 0 Å². The molecule has 6 heavy (non-hydrogen) atoms. The highest BCUT2D eigenvalue weighted by Crippen LogP contribution is 1.82. The maximum absolute atomic E-state index is 8.95. The average molecular weight is 145 g/mol. The molecule has 3 nitrogen and oxygen atoms in total. The topological polar surface area (TPSA) is 54.4 Å². The maximum Gasteiger partial charge on any atom is 0.353 e. The summed E-state index contributed by atoms with van der Waals surface area (Å²) in [5.41, 5.74) is 0. The van der Waals surface area contributed by atoms with Gasteiger partial charge in [-0.25, -0.2) is 0 Å². The van der Waals surface area contributed by atoms with Crippen LogP contribution in [0.25, 0.3) is 0 Å². The van der Waals surface area contributed by atoms with E-state index in [9.17, 15) is 0 Å². The van der Waals surface area contributed by atoms with Crippen LogP contribution in [0.1, 0.15) is 0 Å². The summed E-state index contributed by atoms with van der Waals surface area (Å²) in [7, 11) is -0.137. The monoisotopic (exact) mass is 144 g/mol. The van der Waals surface area contributed by atoms with Gasteiger partial charge in [0.1, 0.15) is 0 Å². The van der Waals surface area contributed by atoms with E-state index in [1.807, 2.05) is 0 Å². The van der Waals surface area contributed by atoms with E-state index < -0.39 is 9.33 Å². The van der Waals surface area contributed by atoms with Crippen LogP contribution < -0.4 is 0 Å². The highest BCUT2D eigenvalue weighted by Gasteiger charge is 1.86. The highest BCUT2D eigenvalue weighted by atomic mass is 35.7. The fraction of sp³-hybridized carbons (Fsp3) is 0. The van der Waals surface area contributed by atoms with E-state index >= 15 is 0 Å². The van der Waals surface area contributed by atoms with E-state index in [4.69, 9.17) is 13.0 Å². The van der Waals surface area contributed by atoms with Crippen molar-refractivity contribution < 1.29 is 13.0 Å². The van der Waals surface area contributed by atoms with E-state index in [0.717, 1.165) is 0 Å². The molecule has 0 heterocycles. The Hall–Kier alpha value is 0.417. The van der Waals surface area contributed by atoms with E-state index in [0.29, 0.717) is 0 Å². The fourth-order valence-corrected chi connectivity index (χ4v) is 0. The van der Waals surface area contributed by atoms with Crippen LogP contribution in [-0.4, -0.2) is 23.9 Å². The van der Waals surface area contributed by atoms with Gasteiger partial charge in [0.05, 0.1) is 0 Å². The smallest absolute Gasteiger partial charge is 0.273 e. The van der Waals surface area contributed by atoms with Gasteiger partial charge in [0.2, 0.25) is 0 Å². The van der Waals surface area contributed by atoms with E-state index in [1.165, 1.54) is 0 Å². The Kier molecular flexibility index (Phi) is 4.13. The van der Waals surface area contributed by atoms with E-state index in [-0.39, 0.29) is 11.0 Å². The molecule has 6 heteroatoms. The summed E-state index contributed by atoms with van der Waals surface area (Å²) in [5.74, 6) is 0. The Morgan fingerprint density at radius 3 is 1.50 bits per heavy atom. The van der Waals surface area contributed by atoms with E-state index in [1.54, 1.807) is 0 Å². The maximum atomic E-state index is 8.95. The van der Waals surface area contributed by atoms with Crippen molar-refractivity contribution in [2.24, 2.45) is 0 Å². The van der Waals surface area contributed by atoms with Crippen LogP contribution in [0, 0.1) is 0 Å². The van der Waals surface area contributed by atoms with Crippen molar-refractivity contribution in [2.45, 2.75) is 0 Å². The van der Waals surface area contributed by atoms with E-state index in [2.05, 4.69) is 10.7 Å². The Balaban J connectivity index is 0. The van der Waals surface area contributed by atoms with Gasteiger partial charge in [-0.1, -0.05) is 0 Å². The molecule has 0 fully saturated rings. The third kappa shape index (κ3) is 297. The quantitative estimate of drug-likeness (QED) is 0.287. The van der Waals surface area contributed by atoms with Crippen LogP contribution >= 0.6 is 10.7 Å². The van der Waals surface area contributed by atoms with Gasteiger partial charge in [0.25, 0.3) is 0 Å².